The fourth-order valence-electron chi connectivity index (χ4n) is 4.22. The number of hydrogen-bond donors (Lipinski definition) is 1. The Bertz CT molecular complexity index is 1310. The maximum absolute atomic E-state index is 14.0. The van der Waals surface area contributed by atoms with Gasteiger partial charge in [0.25, 0.3) is 0 Å². The molecular formula is C23H22FN7O. The van der Waals surface area contributed by atoms with Crippen molar-refractivity contribution in [1.29, 1.82) is 5.26 Å². The second kappa shape index (κ2) is 8.40. The van der Waals surface area contributed by atoms with Gasteiger partial charge in [0, 0.05) is 29.2 Å². The first kappa shape index (κ1) is 20.2. The van der Waals surface area contributed by atoms with Gasteiger partial charge < -0.3 is 10.1 Å². The van der Waals surface area contributed by atoms with Crippen LogP contribution in [0.3, 0.4) is 0 Å². The zero-order chi connectivity index (χ0) is 22.1. The molecule has 1 N–H and O–H groups in total. The molecule has 0 atom stereocenters. The van der Waals surface area contributed by atoms with Gasteiger partial charge >= 0.3 is 0 Å². The number of halogens is 1. The van der Waals surface area contributed by atoms with Crippen LogP contribution in [-0.4, -0.2) is 37.5 Å². The standard InChI is InChI=1S/C23H22FN7O/c1-15-19(12-29-31(15)18-4-7-26-8-5-18)16-9-22(23-17(10-25)11-28-30(23)13-16)32-14-21-20(24)3-2-6-27-21/h2-3,6,9,11-13,18,26H,4-5,7-8,14H2,1H3. The normalized spacial score (nSPS) is 14.5. The van der Waals surface area contributed by atoms with Crippen molar-refractivity contribution in [2.75, 3.05) is 13.1 Å². The Kier molecular flexibility index (Phi) is 5.29. The summed E-state index contributed by atoms with van der Waals surface area (Å²) < 4.78 is 23.7. The van der Waals surface area contributed by atoms with Crippen molar-refractivity contribution in [3.8, 4) is 22.9 Å². The molecule has 1 fully saturated rings. The van der Waals surface area contributed by atoms with E-state index in [1.807, 2.05) is 18.5 Å². The largest absolute Gasteiger partial charge is 0.485 e. The second-order valence-electron chi connectivity index (χ2n) is 7.85. The van der Waals surface area contributed by atoms with E-state index in [2.05, 4.69) is 38.2 Å². The van der Waals surface area contributed by atoms with E-state index >= 15 is 0 Å². The highest BCUT2D eigenvalue weighted by molar-refractivity contribution is 5.76. The Labute approximate surface area is 184 Å². The average molecular weight is 431 g/mol. The molecule has 8 nitrogen and oxygen atoms in total. The van der Waals surface area contributed by atoms with Crippen molar-refractivity contribution >= 4 is 5.52 Å². The molecular weight excluding hydrogens is 409 g/mol. The van der Waals surface area contributed by atoms with Crippen LogP contribution < -0.4 is 10.1 Å². The third-order valence-corrected chi connectivity index (χ3v) is 5.91. The smallest absolute Gasteiger partial charge is 0.148 e. The minimum atomic E-state index is -0.437. The maximum Gasteiger partial charge on any atom is 0.148 e. The van der Waals surface area contributed by atoms with Gasteiger partial charge in [-0.2, -0.15) is 15.5 Å². The quantitative estimate of drug-likeness (QED) is 0.521. The first-order chi connectivity index (χ1) is 15.7. The lowest BCUT2D eigenvalue weighted by molar-refractivity contribution is 0.296. The zero-order valence-corrected chi connectivity index (χ0v) is 17.6. The molecule has 0 amide bonds. The lowest BCUT2D eigenvalue weighted by Gasteiger charge is -2.24. The minimum absolute atomic E-state index is 0.0604. The zero-order valence-electron chi connectivity index (χ0n) is 17.6. The van der Waals surface area contributed by atoms with E-state index in [0.29, 0.717) is 22.9 Å². The average Bonchev–Trinajstić information content (AvgIpc) is 3.42. The molecule has 4 aromatic rings. The molecule has 0 radical (unpaired) electrons. The van der Waals surface area contributed by atoms with Crippen LogP contribution in [0, 0.1) is 24.1 Å². The van der Waals surface area contributed by atoms with E-state index in [-0.39, 0.29) is 12.3 Å². The molecule has 0 bridgehead atoms. The van der Waals surface area contributed by atoms with Gasteiger partial charge in [-0.1, -0.05) is 0 Å². The van der Waals surface area contributed by atoms with Crippen LogP contribution in [0.4, 0.5) is 4.39 Å². The van der Waals surface area contributed by atoms with Crippen molar-refractivity contribution in [1.82, 2.24) is 29.7 Å². The summed E-state index contributed by atoms with van der Waals surface area (Å²) in [6.45, 7) is 3.96. The second-order valence-corrected chi connectivity index (χ2v) is 7.85. The number of nitrogens with zero attached hydrogens (tertiary/aromatic N) is 6. The van der Waals surface area contributed by atoms with Crippen molar-refractivity contribution in [3.05, 3.63) is 65.8 Å². The molecule has 0 spiro atoms. The van der Waals surface area contributed by atoms with Gasteiger partial charge in [0.05, 0.1) is 18.4 Å². The van der Waals surface area contributed by atoms with Crippen molar-refractivity contribution in [3.63, 3.8) is 0 Å². The van der Waals surface area contributed by atoms with Gasteiger partial charge in [-0.25, -0.2) is 8.91 Å². The topological polar surface area (TPSA) is 93.1 Å². The van der Waals surface area contributed by atoms with Gasteiger partial charge in [0.15, 0.2) is 0 Å². The molecule has 162 valence electrons. The predicted molar refractivity (Wildman–Crippen MR) is 116 cm³/mol. The van der Waals surface area contributed by atoms with Crippen LogP contribution in [0.5, 0.6) is 5.75 Å². The fraction of sp³-hybridized carbons (Fsp3) is 0.304. The Morgan fingerprint density at radius 1 is 1.28 bits per heavy atom. The van der Waals surface area contributed by atoms with Gasteiger partial charge in [-0.3, -0.25) is 9.67 Å². The molecule has 0 saturated carbocycles. The maximum atomic E-state index is 14.0. The highest BCUT2D eigenvalue weighted by atomic mass is 19.1. The number of hydrogen-bond acceptors (Lipinski definition) is 6. The molecule has 32 heavy (non-hydrogen) atoms. The minimum Gasteiger partial charge on any atom is -0.485 e. The molecule has 5 heterocycles. The number of pyridine rings is 2. The molecule has 1 saturated heterocycles. The van der Waals surface area contributed by atoms with E-state index < -0.39 is 5.82 Å². The number of aromatic nitrogens is 5. The van der Waals surface area contributed by atoms with Crippen LogP contribution in [0.15, 0.2) is 43.0 Å². The summed E-state index contributed by atoms with van der Waals surface area (Å²) >= 11 is 0. The molecule has 4 aromatic heterocycles. The third kappa shape index (κ3) is 3.59. The Balaban J connectivity index is 1.54. The van der Waals surface area contributed by atoms with Gasteiger partial charge in [0.1, 0.15) is 41.0 Å². The van der Waals surface area contributed by atoms with Crippen molar-refractivity contribution in [2.45, 2.75) is 32.4 Å². The van der Waals surface area contributed by atoms with Crippen LogP contribution in [0.2, 0.25) is 0 Å². The first-order valence-electron chi connectivity index (χ1n) is 10.5. The summed E-state index contributed by atoms with van der Waals surface area (Å²) in [6, 6.07) is 7.24. The van der Waals surface area contributed by atoms with E-state index in [0.717, 1.165) is 42.8 Å². The SMILES string of the molecule is Cc1c(-c2cc(OCc3ncccc3F)c3c(C#N)cnn3c2)cnn1C1CCNCC1. The van der Waals surface area contributed by atoms with Gasteiger partial charge in [-0.05, 0) is 51.1 Å². The van der Waals surface area contributed by atoms with E-state index in [1.165, 1.54) is 24.5 Å². The molecule has 9 heteroatoms. The highest BCUT2D eigenvalue weighted by Crippen LogP contribution is 2.33. The number of rotatable bonds is 5. The van der Waals surface area contributed by atoms with E-state index in [9.17, 15) is 9.65 Å². The Hall–Kier alpha value is -3.77. The van der Waals surface area contributed by atoms with E-state index in [4.69, 9.17) is 4.74 Å². The lowest BCUT2D eigenvalue weighted by Crippen LogP contribution is -2.30. The number of piperidine rings is 1. The number of fused-ring (bicyclic) bond motifs is 1. The molecule has 1 aliphatic heterocycles. The molecule has 5 rings (SSSR count). The van der Waals surface area contributed by atoms with Crippen molar-refractivity contribution < 1.29 is 9.13 Å². The van der Waals surface area contributed by atoms with Crippen LogP contribution in [-0.2, 0) is 6.61 Å². The molecule has 0 aromatic carbocycles. The van der Waals surface area contributed by atoms with Crippen LogP contribution in [0.1, 0.15) is 35.8 Å². The number of nitriles is 1. The fourth-order valence-corrected chi connectivity index (χ4v) is 4.22. The number of nitrogens with one attached hydrogen (secondary N) is 1. The number of ether oxygens (including phenoxy) is 1. The molecule has 0 unspecified atom stereocenters. The molecule has 1 aliphatic rings. The lowest BCUT2D eigenvalue weighted by atomic mass is 10.1. The van der Waals surface area contributed by atoms with Gasteiger partial charge in [0.2, 0.25) is 0 Å². The first-order valence-corrected chi connectivity index (χ1v) is 10.5. The Morgan fingerprint density at radius 3 is 2.91 bits per heavy atom. The summed E-state index contributed by atoms with van der Waals surface area (Å²) in [5.41, 5.74) is 4.01. The van der Waals surface area contributed by atoms with Crippen molar-refractivity contribution in [2.24, 2.45) is 0 Å². The van der Waals surface area contributed by atoms with Gasteiger partial charge in [-0.15, -0.1) is 0 Å². The molecule has 0 aliphatic carbocycles. The summed E-state index contributed by atoms with van der Waals surface area (Å²) in [5.74, 6) is 0.00315. The predicted octanol–water partition coefficient (Wildman–Crippen LogP) is 3.42. The highest BCUT2D eigenvalue weighted by Gasteiger charge is 2.21. The third-order valence-electron chi connectivity index (χ3n) is 5.91. The Morgan fingerprint density at radius 2 is 2.12 bits per heavy atom. The van der Waals surface area contributed by atoms with Crippen LogP contribution >= 0.6 is 0 Å². The summed E-state index contributed by atoms with van der Waals surface area (Å²) in [4.78, 5) is 4.05. The van der Waals surface area contributed by atoms with E-state index in [1.54, 1.807) is 4.52 Å². The summed E-state index contributed by atoms with van der Waals surface area (Å²) in [6.07, 6.45) is 8.81. The summed E-state index contributed by atoms with van der Waals surface area (Å²) in [5, 5.41) is 21.9. The van der Waals surface area contributed by atoms with Crippen LogP contribution in [0.25, 0.3) is 16.6 Å². The summed E-state index contributed by atoms with van der Waals surface area (Å²) in [7, 11) is 0. The monoisotopic (exact) mass is 431 g/mol.